The molecular weight excluding hydrogens is 373 g/mol. The van der Waals surface area contributed by atoms with Gasteiger partial charge in [-0.2, -0.15) is 5.26 Å². The van der Waals surface area contributed by atoms with Gasteiger partial charge in [0.15, 0.2) is 5.78 Å². The van der Waals surface area contributed by atoms with Gasteiger partial charge in [0.25, 0.3) is 0 Å². The molecule has 1 unspecified atom stereocenters. The summed E-state index contributed by atoms with van der Waals surface area (Å²) in [5, 5.41) is 9.70. The Morgan fingerprint density at radius 1 is 1.16 bits per heavy atom. The van der Waals surface area contributed by atoms with E-state index in [0.29, 0.717) is 16.1 Å². The summed E-state index contributed by atoms with van der Waals surface area (Å²) in [4.78, 5) is 12.4. The highest BCUT2D eigenvalue weighted by molar-refractivity contribution is 14.1. The molecule has 0 amide bonds. The van der Waals surface area contributed by atoms with Crippen LogP contribution in [0.25, 0.3) is 0 Å². The molecule has 1 atom stereocenters. The lowest BCUT2D eigenvalue weighted by Gasteiger charge is -2.10. The average molecular weight is 382 g/mol. The minimum Gasteiger partial charge on any atom is -0.292 e. The van der Waals surface area contributed by atoms with E-state index in [4.69, 9.17) is 11.6 Å². The largest absolute Gasteiger partial charge is 0.292 e. The lowest BCUT2D eigenvalue weighted by Crippen LogP contribution is -2.11. The van der Waals surface area contributed by atoms with Crippen molar-refractivity contribution < 1.29 is 4.79 Å². The molecule has 94 valence electrons. The number of rotatable bonds is 3. The van der Waals surface area contributed by atoms with Crippen molar-refractivity contribution >= 4 is 40.0 Å². The van der Waals surface area contributed by atoms with Crippen LogP contribution in [0, 0.1) is 14.9 Å². The van der Waals surface area contributed by atoms with Crippen molar-refractivity contribution in [3.05, 3.63) is 68.3 Å². The molecule has 0 N–H and O–H groups in total. The zero-order chi connectivity index (χ0) is 13.8. The maximum absolute atomic E-state index is 12.4. The summed E-state index contributed by atoms with van der Waals surface area (Å²) in [5.74, 6) is -1.10. The number of hydrogen-bond acceptors (Lipinski definition) is 2. The van der Waals surface area contributed by atoms with E-state index in [1.165, 1.54) is 0 Å². The van der Waals surface area contributed by atoms with Crippen molar-refractivity contribution in [3.8, 4) is 6.07 Å². The van der Waals surface area contributed by atoms with Crippen LogP contribution in [-0.4, -0.2) is 5.78 Å². The third-order valence-corrected chi connectivity index (χ3v) is 3.80. The molecule has 0 radical (unpaired) electrons. The minimum absolute atomic E-state index is 0.230. The number of halogens is 2. The van der Waals surface area contributed by atoms with E-state index < -0.39 is 5.92 Å². The van der Waals surface area contributed by atoms with Gasteiger partial charge < -0.3 is 0 Å². The molecule has 0 saturated heterocycles. The summed E-state index contributed by atoms with van der Waals surface area (Å²) in [6.45, 7) is 0. The highest BCUT2D eigenvalue weighted by Gasteiger charge is 2.23. The van der Waals surface area contributed by atoms with Crippen LogP contribution in [0.5, 0.6) is 0 Å². The van der Waals surface area contributed by atoms with Crippen molar-refractivity contribution in [1.82, 2.24) is 0 Å². The molecule has 0 bridgehead atoms. The van der Waals surface area contributed by atoms with Gasteiger partial charge in [-0.15, -0.1) is 0 Å². The monoisotopic (exact) mass is 381 g/mol. The van der Waals surface area contributed by atoms with Gasteiger partial charge in [0.2, 0.25) is 0 Å². The normalized spacial score (nSPS) is 11.6. The maximum Gasteiger partial charge on any atom is 0.184 e. The summed E-state index contributed by atoms with van der Waals surface area (Å²) >= 11 is 8.22. The first kappa shape index (κ1) is 14.0. The van der Waals surface area contributed by atoms with Crippen LogP contribution in [-0.2, 0) is 0 Å². The first-order valence-corrected chi connectivity index (χ1v) is 7.03. The lowest BCUT2D eigenvalue weighted by molar-refractivity contribution is 0.0979. The standard InChI is InChI=1S/C15H9ClINO/c16-14-4-2-1-3-12(14)13(9-18)15(19)10-5-7-11(17)8-6-10/h1-8,13H. The fourth-order valence-corrected chi connectivity index (χ4v) is 2.36. The van der Waals surface area contributed by atoms with E-state index in [1.807, 2.05) is 18.2 Å². The molecule has 0 fully saturated rings. The lowest BCUT2D eigenvalue weighted by atomic mass is 9.92. The SMILES string of the molecule is N#CC(C(=O)c1ccc(I)cc1)c1ccccc1Cl. The van der Waals surface area contributed by atoms with Crippen LogP contribution >= 0.6 is 34.2 Å². The van der Waals surface area contributed by atoms with Gasteiger partial charge in [0.1, 0.15) is 5.92 Å². The van der Waals surface area contributed by atoms with E-state index in [-0.39, 0.29) is 5.78 Å². The molecule has 4 heteroatoms. The van der Waals surface area contributed by atoms with E-state index in [2.05, 4.69) is 22.6 Å². The van der Waals surface area contributed by atoms with Crippen molar-refractivity contribution in [2.75, 3.05) is 0 Å². The Morgan fingerprint density at radius 3 is 2.37 bits per heavy atom. The van der Waals surface area contributed by atoms with Gasteiger partial charge in [0.05, 0.1) is 6.07 Å². The van der Waals surface area contributed by atoms with Crippen LogP contribution in [0.3, 0.4) is 0 Å². The summed E-state index contributed by atoms with van der Waals surface area (Å²) in [7, 11) is 0. The van der Waals surface area contributed by atoms with Crippen LogP contribution in [0.2, 0.25) is 5.02 Å². The molecule has 0 saturated carbocycles. The number of nitriles is 1. The molecule has 0 spiro atoms. The summed E-state index contributed by atoms with van der Waals surface area (Å²) < 4.78 is 1.04. The Bertz CT molecular complexity index is 646. The quantitative estimate of drug-likeness (QED) is 0.583. The second-order valence-corrected chi connectivity index (χ2v) is 5.61. The maximum atomic E-state index is 12.4. The third-order valence-electron chi connectivity index (χ3n) is 2.74. The van der Waals surface area contributed by atoms with Gasteiger partial charge >= 0.3 is 0 Å². The molecule has 0 aliphatic rings. The fraction of sp³-hybridized carbons (Fsp3) is 0.0667. The van der Waals surface area contributed by atoms with Crippen molar-refractivity contribution in [2.45, 2.75) is 5.92 Å². The van der Waals surface area contributed by atoms with Crippen molar-refractivity contribution in [3.63, 3.8) is 0 Å². The van der Waals surface area contributed by atoms with Gasteiger partial charge in [-0.05, 0) is 46.4 Å². The van der Waals surface area contributed by atoms with Crippen LogP contribution < -0.4 is 0 Å². The first-order valence-electron chi connectivity index (χ1n) is 5.57. The fourth-order valence-electron chi connectivity index (χ4n) is 1.76. The van der Waals surface area contributed by atoms with Gasteiger partial charge in [-0.1, -0.05) is 41.9 Å². The molecule has 0 aromatic heterocycles. The third kappa shape index (κ3) is 3.14. The van der Waals surface area contributed by atoms with E-state index in [0.717, 1.165) is 3.57 Å². The van der Waals surface area contributed by atoms with Gasteiger partial charge in [0, 0.05) is 14.2 Å². The molecule has 2 nitrogen and oxygen atoms in total. The van der Waals surface area contributed by atoms with E-state index in [1.54, 1.807) is 36.4 Å². The van der Waals surface area contributed by atoms with E-state index >= 15 is 0 Å². The van der Waals surface area contributed by atoms with E-state index in [9.17, 15) is 10.1 Å². The number of benzene rings is 2. The minimum atomic E-state index is -0.867. The van der Waals surface area contributed by atoms with Gasteiger partial charge in [-0.3, -0.25) is 4.79 Å². The topological polar surface area (TPSA) is 40.9 Å². The molecule has 0 aliphatic heterocycles. The van der Waals surface area contributed by atoms with Crippen LogP contribution in [0.1, 0.15) is 21.8 Å². The predicted molar refractivity (Wildman–Crippen MR) is 83.3 cm³/mol. The smallest absolute Gasteiger partial charge is 0.184 e. The molecule has 19 heavy (non-hydrogen) atoms. The highest BCUT2D eigenvalue weighted by Crippen LogP contribution is 2.27. The molecule has 2 rings (SSSR count). The number of ketones is 1. The molecule has 0 heterocycles. The number of carbonyl (C=O) groups is 1. The second-order valence-electron chi connectivity index (χ2n) is 3.95. The Labute approximate surface area is 130 Å². The van der Waals surface area contributed by atoms with Crippen molar-refractivity contribution in [1.29, 1.82) is 5.26 Å². The molecule has 0 aliphatic carbocycles. The molecule has 2 aromatic carbocycles. The first-order chi connectivity index (χ1) is 9.13. The Kier molecular flexibility index (Phi) is 4.56. The second kappa shape index (κ2) is 6.18. The summed E-state index contributed by atoms with van der Waals surface area (Å²) in [6, 6.07) is 16.1. The molecular formula is C15H9ClINO. The number of Topliss-reactive ketones (excluding diaryl/α,β-unsaturated/α-hetero) is 1. The van der Waals surface area contributed by atoms with Gasteiger partial charge in [-0.25, -0.2) is 0 Å². The van der Waals surface area contributed by atoms with Crippen LogP contribution in [0.4, 0.5) is 0 Å². The summed E-state index contributed by atoms with van der Waals surface area (Å²) in [5.41, 5.74) is 1.07. The predicted octanol–water partition coefficient (Wildman–Crippen LogP) is 4.43. The zero-order valence-electron chi connectivity index (χ0n) is 9.81. The highest BCUT2D eigenvalue weighted by atomic mass is 127. The number of carbonyl (C=O) groups excluding carboxylic acids is 1. The Balaban J connectivity index is 2.38. The molecule has 2 aromatic rings. The number of hydrogen-bond donors (Lipinski definition) is 0. The van der Waals surface area contributed by atoms with Crippen LogP contribution in [0.15, 0.2) is 48.5 Å². The average Bonchev–Trinajstić information content (AvgIpc) is 2.42. The summed E-state index contributed by atoms with van der Waals surface area (Å²) in [6.07, 6.45) is 0. The number of nitrogens with zero attached hydrogens (tertiary/aromatic N) is 1. The Morgan fingerprint density at radius 2 is 1.79 bits per heavy atom. The van der Waals surface area contributed by atoms with Crippen molar-refractivity contribution in [2.24, 2.45) is 0 Å². The Hall–Kier alpha value is -1.38. The zero-order valence-corrected chi connectivity index (χ0v) is 12.7.